The van der Waals surface area contributed by atoms with Crippen molar-refractivity contribution in [3.05, 3.63) is 0 Å². The molecule has 0 radical (unpaired) electrons. The van der Waals surface area contributed by atoms with Crippen molar-refractivity contribution in [2.45, 2.75) is 38.6 Å². The predicted octanol–water partition coefficient (Wildman–Crippen LogP) is 1.40. The molecule has 1 aliphatic rings. The lowest BCUT2D eigenvalue weighted by atomic mass is 10.1. The van der Waals surface area contributed by atoms with Gasteiger partial charge >= 0.3 is 0 Å². The third-order valence-electron chi connectivity index (χ3n) is 3.48. The highest BCUT2D eigenvalue weighted by molar-refractivity contribution is 4.75. The van der Waals surface area contributed by atoms with Crippen molar-refractivity contribution in [3.8, 4) is 0 Å². The average Bonchev–Trinajstić information content (AvgIpc) is 2.75. The quantitative estimate of drug-likeness (QED) is 0.676. The molecule has 1 rings (SSSR count). The van der Waals surface area contributed by atoms with Crippen LogP contribution in [0.25, 0.3) is 0 Å². The largest absolute Gasteiger partial charge is 0.314 e. The highest BCUT2D eigenvalue weighted by Crippen LogP contribution is 2.09. The first-order valence-corrected chi connectivity index (χ1v) is 6.83. The van der Waals surface area contributed by atoms with Crippen LogP contribution in [0, 0.1) is 0 Å². The lowest BCUT2D eigenvalue weighted by molar-refractivity contribution is 0.254. The van der Waals surface area contributed by atoms with Crippen LogP contribution in [0.5, 0.6) is 0 Å². The summed E-state index contributed by atoms with van der Waals surface area (Å²) >= 11 is 0. The second-order valence-corrected chi connectivity index (χ2v) is 5.17. The molecule has 0 spiro atoms. The lowest BCUT2D eigenvalue weighted by Crippen LogP contribution is -2.32. The van der Waals surface area contributed by atoms with E-state index in [1.54, 1.807) is 0 Å². The van der Waals surface area contributed by atoms with Gasteiger partial charge in [0.15, 0.2) is 0 Å². The maximum Gasteiger partial charge on any atom is 0.00797 e. The molecule has 96 valence electrons. The molecule has 0 saturated carbocycles. The Morgan fingerprint density at radius 3 is 2.56 bits per heavy atom. The molecule has 1 unspecified atom stereocenters. The van der Waals surface area contributed by atoms with Gasteiger partial charge in [0.25, 0.3) is 0 Å². The first-order chi connectivity index (χ1) is 7.72. The van der Waals surface area contributed by atoms with E-state index in [9.17, 15) is 0 Å². The van der Waals surface area contributed by atoms with E-state index in [0.29, 0.717) is 0 Å². The molecule has 3 heteroatoms. The fourth-order valence-electron chi connectivity index (χ4n) is 2.38. The van der Waals surface area contributed by atoms with E-state index in [1.165, 1.54) is 58.4 Å². The zero-order chi connectivity index (χ0) is 11.8. The van der Waals surface area contributed by atoms with Gasteiger partial charge in [-0.3, -0.25) is 0 Å². The lowest BCUT2D eigenvalue weighted by Gasteiger charge is -2.23. The van der Waals surface area contributed by atoms with Gasteiger partial charge in [-0.05, 0) is 72.5 Å². The van der Waals surface area contributed by atoms with Gasteiger partial charge in [-0.2, -0.15) is 0 Å². The summed E-state index contributed by atoms with van der Waals surface area (Å²) in [5.41, 5.74) is 0. The highest BCUT2D eigenvalue weighted by Gasteiger charge is 2.14. The van der Waals surface area contributed by atoms with Crippen LogP contribution in [0.2, 0.25) is 0 Å². The Balaban J connectivity index is 2.05. The summed E-state index contributed by atoms with van der Waals surface area (Å²) in [5, 5.41) is 3.58. The Morgan fingerprint density at radius 1 is 1.19 bits per heavy atom. The second kappa shape index (κ2) is 8.04. The molecule has 0 aromatic heterocycles. The second-order valence-electron chi connectivity index (χ2n) is 5.17. The van der Waals surface area contributed by atoms with Crippen molar-refractivity contribution in [1.82, 2.24) is 15.1 Å². The van der Waals surface area contributed by atoms with Gasteiger partial charge in [-0.25, -0.2) is 0 Å². The summed E-state index contributed by atoms with van der Waals surface area (Å²) in [6.45, 7) is 8.43. The third kappa shape index (κ3) is 5.83. The minimum Gasteiger partial charge on any atom is -0.314 e. The molecule has 3 nitrogen and oxygen atoms in total. The Kier molecular flexibility index (Phi) is 7.01. The van der Waals surface area contributed by atoms with E-state index in [0.717, 1.165) is 6.04 Å². The highest BCUT2D eigenvalue weighted by atomic mass is 15.1. The fraction of sp³-hybridized carbons (Fsp3) is 1.00. The first-order valence-electron chi connectivity index (χ1n) is 6.83. The molecule has 0 aromatic rings. The molecular weight excluding hydrogens is 198 g/mol. The Morgan fingerprint density at radius 2 is 2.00 bits per heavy atom. The number of hydrogen-bond donors (Lipinski definition) is 1. The fourth-order valence-corrected chi connectivity index (χ4v) is 2.38. The van der Waals surface area contributed by atoms with Crippen LogP contribution in [-0.4, -0.2) is 62.7 Å². The molecule has 0 aromatic carbocycles. The maximum atomic E-state index is 3.58. The summed E-state index contributed by atoms with van der Waals surface area (Å²) in [7, 11) is 4.30. The van der Waals surface area contributed by atoms with E-state index in [1.807, 2.05) is 0 Å². The summed E-state index contributed by atoms with van der Waals surface area (Å²) in [6, 6.07) is 0.794. The first kappa shape index (κ1) is 13.9. The van der Waals surface area contributed by atoms with Crippen molar-refractivity contribution < 1.29 is 0 Å². The van der Waals surface area contributed by atoms with Crippen LogP contribution in [0.4, 0.5) is 0 Å². The van der Waals surface area contributed by atoms with E-state index >= 15 is 0 Å². The standard InChI is InChI=1S/C13H29N3/c1-4-16(11-6-10-15(2)3)12-8-13-7-5-9-14-13/h13-14H,4-12H2,1-3H3. The van der Waals surface area contributed by atoms with Crippen molar-refractivity contribution in [2.75, 3.05) is 46.8 Å². The number of nitrogens with one attached hydrogen (secondary N) is 1. The molecule has 1 aliphatic heterocycles. The molecule has 1 N–H and O–H groups in total. The molecule has 1 saturated heterocycles. The zero-order valence-electron chi connectivity index (χ0n) is 11.3. The van der Waals surface area contributed by atoms with Gasteiger partial charge in [0, 0.05) is 6.04 Å². The van der Waals surface area contributed by atoms with Gasteiger partial charge in [0.05, 0.1) is 0 Å². The normalized spacial score (nSPS) is 21.2. The van der Waals surface area contributed by atoms with Crippen LogP contribution < -0.4 is 5.32 Å². The Bertz CT molecular complexity index is 165. The minimum absolute atomic E-state index is 0.794. The van der Waals surface area contributed by atoms with Gasteiger partial charge in [0.2, 0.25) is 0 Å². The summed E-state index contributed by atoms with van der Waals surface area (Å²) < 4.78 is 0. The van der Waals surface area contributed by atoms with Gasteiger partial charge in [-0.1, -0.05) is 6.92 Å². The smallest absolute Gasteiger partial charge is 0.00797 e. The van der Waals surface area contributed by atoms with Crippen LogP contribution in [0.1, 0.15) is 32.6 Å². The maximum absolute atomic E-state index is 3.58. The minimum atomic E-state index is 0.794. The SMILES string of the molecule is CCN(CCCN(C)C)CCC1CCCN1. The van der Waals surface area contributed by atoms with E-state index in [2.05, 4.69) is 36.1 Å². The zero-order valence-corrected chi connectivity index (χ0v) is 11.3. The van der Waals surface area contributed by atoms with Crippen LogP contribution in [-0.2, 0) is 0 Å². The van der Waals surface area contributed by atoms with E-state index in [-0.39, 0.29) is 0 Å². The Labute approximate surface area is 101 Å². The molecule has 1 fully saturated rings. The van der Waals surface area contributed by atoms with Crippen molar-refractivity contribution in [1.29, 1.82) is 0 Å². The number of hydrogen-bond acceptors (Lipinski definition) is 3. The molecular formula is C13H29N3. The molecule has 1 atom stereocenters. The summed E-state index contributed by atoms with van der Waals surface area (Å²) in [4.78, 5) is 4.86. The topological polar surface area (TPSA) is 18.5 Å². The molecule has 0 bridgehead atoms. The van der Waals surface area contributed by atoms with E-state index in [4.69, 9.17) is 0 Å². The molecule has 1 heterocycles. The number of nitrogens with zero attached hydrogens (tertiary/aromatic N) is 2. The average molecular weight is 227 g/mol. The molecule has 16 heavy (non-hydrogen) atoms. The molecule has 0 amide bonds. The van der Waals surface area contributed by atoms with Gasteiger partial charge < -0.3 is 15.1 Å². The van der Waals surface area contributed by atoms with Crippen molar-refractivity contribution in [2.24, 2.45) is 0 Å². The van der Waals surface area contributed by atoms with Crippen LogP contribution >= 0.6 is 0 Å². The van der Waals surface area contributed by atoms with Crippen molar-refractivity contribution >= 4 is 0 Å². The summed E-state index contributed by atoms with van der Waals surface area (Å²) in [6.07, 6.45) is 5.38. The monoisotopic (exact) mass is 227 g/mol. The van der Waals surface area contributed by atoms with Crippen molar-refractivity contribution in [3.63, 3.8) is 0 Å². The van der Waals surface area contributed by atoms with Crippen LogP contribution in [0.3, 0.4) is 0 Å². The molecule has 0 aliphatic carbocycles. The summed E-state index contributed by atoms with van der Waals surface area (Å²) in [5.74, 6) is 0. The van der Waals surface area contributed by atoms with Crippen LogP contribution in [0.15, 0.2) is 0 Å². The third-order valence-corrected chi connectivity index (χ3v) is 3.48. The van der Waals surface area contributed by atoms with E-state index < -0.39 is 0 Å². The van der Waals surface area contributed by atoms with Gasteiger partial charge in [-0.15, -0.1) is 0 Å². The predicted molar refractivity (Wildman–Crippen MR) is 70.9 cm³/mol. The Hall–Kier alpha value is -0.120. The number of rotatable bonds is 8. The van der Waals surface area contributed by atoms with Gasteiger partial charge in [0.1, 0.15) is 0 Å².